The van der Waals surface area contributed by atoms with Crippen LogP contribution in [-0.4, -0.2) is 44.3 Å². The Morgan fingerprint density at radius 3 is 2.54 bits per heavy atom. The number of amides is 1. The predicted octanol–water partition coefficient (Wildman–Crippen LogP) is 3.26. The second-order valence-corrected chi connectivity index (χ2v) is 7.90. The minimum Gasteiger partial charge on any atom is -0.378 e. The summed E-state index contributed by atoms with van der Waals surface area (Å²) >= 11 is 0. The van der Waals surface area contributed by atoms with Crippen LogP contribution in [0.4, 0.5) is 11.4 Å². The predicted molar refractivity (Wildman–Crippen MR) is 107 cm³/mol. The highest BCUT2D eigenvalue weighted by Gasteiger charge is 2.29. The number of hydrogen-bond acceptors (Lipinski definition) is 4. The van der Waals surface area contributed by atoms with Crippen LogP contribution in [0.15, 0.2) is 24.3 Å². The van der Waals surface area contributed by atoms with Crippen LogP contribution in [0.2, 0.25) is 0 Å². The normalized spacial score (nSPS) is 27.8. The van der Waals surface area contributed by atoms with Gasteiger partial charge in [-0.15, -0.1) is 0 Å². The molecular weight excluding hydrogens is 326 g/mol. The van der Waals surface area contributed by atoms with Crippen LogP contribution in [0.3, 0.4) is 0 Å². The van der Waals surface area contributed by atoms with Crippen molar-refractivity contribution in [1.29, 1.82) is 0 Å². The molecule has 2 fully saturated rings. The van der Waals surface area contributed by atoms with Crippen molar-refractivity contribution in [1.82, 2.24) is 5.32 Å². The van der Waals surface area contributed by atoms with Crippen molar-refractivity contribution < 1.29 is 9.53 Å². The minimum atomic E-state index is -0.188. The van der Waals surface area contributed by atoms with Gasteiger partial charge in [0.2, 0.25) is 5.91 Å². The third-order valence-corrected chi connectivity index (χ3v) is 6.08. The maximum atomic E-state index is 12.6. The van der Waals surface area contributed by atoms with E-state index in [-0.39, 0.29) is 11.9 Å². The molecule has 0 spiro atoms. The van der Waals surface area contributed by atoms with Gasteiger partial charge in [-0.05, 0) is 49.4 Å². The first kappa shape index (κ1) is 19.2. The molecule has 1 heterocycles. The maximum Gasteiger partial charge on any atom is 0.241 e. The number of carbonyl (C=O) groups is 1. The third-order valence-electron chi connectivity index (χ3n) is 6.08. The third kappa shape index (κ3) is 4.77. The number of anilines is 2. The fraction of sp³-hybridized carbons (Fsp3) is 0.667. The van der Waals surface area contributed by atoms with Gasteiger partial charge in [-0.2, -0.15) is 0 Å². The van der Waals surface area contributed by atoms with Crippen LogP contribution in [0.25, 0.3) is 0 Å². The molecule has 5 nitrogen and oxygen atoms in total. The van der Waals surface area contributed by atoms with E-state index in [1.807, 2.05) is 19.1 Å². The van der Waals surface area contributed by atoms with Crippen molar-refractivity contribution in [2.24, 2.45) is 11.8 Å². The number of nitrogens with zero attached hydrogens (tertiary/aromatic N) is 1. The van der Waals surface area contributed by atoms with Gasteiger partial charge in [0.1, 0.15) is 0 Å². The number of ether oxygens (including phenoxy) is 1. The molecule has 0 unspecified atom stereocenters. The van der Waals surface area contributed by atoms with E-state index < -0.39 is 0 Å². The lowest BCUT2D eigenvalue weighted by Crippen LogP contribution is -2.49. The molecule has 0 aromatic heterocycles. The largest absolute Gasteiger partial charge is 0.378 e. The van der Waals surface area contributed by atoms with Crippen molar-refractivity contribution in [2.45, 2.75) is 52.1 Å². The van der Waals surface area contributed by atoms with E-state index in [2.05, 4.69) is 41.5 Å². The number of carbonyl (C=O) groups excluding carboxylic acids is 1. The monoisotopic (exact) mass is 359 g/mol. The lowest BCUT2D eigenvalue weighted by molar-refractivity contribution is -0.118. The molecule has 1 aromatic carbocycles. The molecule has 1 saturated carbocycles. The van der Waals surface area contributed by atoms with Gasteiger partial charge >= 0.3 is 0 Å². The van der Waals surface area contributed by atoms with E-state index in [1.165, 1.54) is 18.5 Å². The SMILES string of the molecule is C[C@@H]1[C@@H](C)CCC[C@H]1N[C@@H](C)C(=O)Nc1ccc(N2CCOCC2)cc1. The average molecular weight is 360 g/mol. The van der Waals surface area contributed by atoms with Crippen LogP contribution >= 0.6 is 0 Å². The van der Waals surface area contributed by atoms with E-state index in [0.29, 0.717) is 12.0 Å². The molecule has 26 heavy (non-hydrogen) atoms. The van der Waals surface area contributed by atoms with Crippen LogP contribution in [-0.2, 0) is 9.53 Å². The van der Waals surface area contributed by atoms with E-state index in [4.69, 9.17) is 4.74 Å². The smallest absolute Gasteiger partial charge is 0.241 e. The Kier molecular flexibility index (Phi) is 6.54. The number of morpholine rings is 1. The Balaban J connectivity index is 1.52. The fourth-order valence-electron chi connectivity index (χ4n) is 4.04. The number of nitrogens with one attached hydrogen (secondary N) is 2. The summed E-state index contributed by atoms with van der Waals surface area (Å²) in [5.41, 5.74) is 2.04. The summed E-state index contributed by atoms with van der Waals surface area (Å²) in [5, 5.41) is 6.59. The lowest BCUT2D eigenvalue weighted by atomic mass is 9.78. The van der Waals surface area contributed by atoms with Gasteiger partial charge in [0.15, 0.2) is 0 Å². The van der Waals surface area contributed by atoms with E-state index in [1.54, 1.807) is 0 Å². The molecule has 2 aliphatic rings. The highest BCUT2D eigenvalue weighted by atomic mass is 16.5. The lowest BCUT2D eigenvalue weighted by Gasteiger charge is -2.36. The zero-order valence-corrected chi connectivity index (χ0v) is 16.3. The molecule has 1 aromatic rings. The molecule has 1 aliphatic heterocycles. The van der Waals surface area contributed by atoms with Gasteiger partial charge in [0.25, 0.3) is 0 Å². The van der Waals surface area contributed by atoms with Crippen molar-refractivity contribution >= 4 is 17.3 Å². The van der Waals surface area contributed by atoms with Gasteiger partial charge in [-0.1, -0.05) is 26.7 Å². The molecular formula is C21H33N3O2. The van der Waals surface area contributed by atoms with Gasteiger partial charge in [-0.3, -0.25) is 4.79 Å². The molecule has 0 radical (unpaired) electrons. The Morgan fingerprint density at radius 2 is 1.85 bits per heavy atom. The van der Waals surface area contributed by atoms with E-state index in [9.17, 15) is 4.79 Å². The first-order valence-corrected chi connectivity index (χ1v) is 10.0. The zero-order chi connectivity index (χ0) is 18.5. The first-order chi connectivity index (χ1) is 12.5. The fourth-order valence-corrected chi connectivity index (χ4v) is 4.04. The maximum absolute atomic E-state index is 12.6. The van der Waals surface area contributed by atoms with E-state index in [0.717, 1.165) is 44.3 Å². The highest BCUT2D eigenvalue weighted by Crippen LogP contribution is 2.29. The topological polar surface area (TPSA) is 53.6 Å². The van der Waals surface area contributed by atoms with Gasteiger partial charge in [-0.25, -0.2) is 0 Å². The molecule has 5 heteroatoms. The van der Waals surface area contributed by atoms with Crippen LogP contribution < -0.4 is 15.5 Å². The van der Waals surface area contributed by atoms with E-state index >= 15 is 0 Å². The van der Waals surface area contributed by atoms with Crippen LogP contribution in [0.1, 0.15) is 40.0 Å². The Bertz CT molecular complexity index is 583. The Hall–Kier alpha value is -1.59. The summed E-state index contributed by atoms with van der Waals surface area (Å²) in [6, 6.07) is 8.37. The summed E-state index contributed by atoms with van der Waals surface area (Å²) in [5.74, 6) is 1.38. The molecule has 1 saturated heterocycles. The quantitative estimate of drug-likeness (QED) is 0.847. The van der Waals surface area contributed by atoms with Crippen molar-refractivity contribution in [3.05, 3.63) is 24.3 Å². The Morgan fingerprint density at radius 1 is 1.15 bits per heavy atom. The highest BCUT2D eigenvalue weighted by molar-refractivity contribution is 5.94. The number of rotatable bonds is 5. The summed E-state index contributed by atoms with van der Waals surface area (Å²) in [6.45, 7) is 9.98. The van der Waals surface area contributed by atoms with Crippen molar-refractivity contribution in [3.8, 4) is 0 Å². The molecule has 1 aliphatic carbocycles. The molecule has 0 bridgehead atoms. The van der Waals surface area contributed by atoms with Crippen LogP contribution in [0.5, 0.6) is 0 Å². The minimum absolute atomic E-state index is 0.0366. The molecule has 3 rings (SSSR count). The van der Waals surface area contributed by atoms with Gasteiger partial charge in [0, 0.05) is 30.5 Å². The number of benzene rings is 1. The summed E-state index contributed by atoms with van der Waals surface area (Å²) in [7, 11) is 0. The summed E-state index contributed by atoms with van der Waals surface area (Å²) in [4.78, 5) is 14.9. The zero-order valence-electron chi connectivity index (χ0n) is 16.3. The van der Waals surface area contributed by atoms with Crippen molar-refractivity contribution in [2.75, 3.05) is 36.5 Å². The first-order valence-electron chi connectivity index (χ1n) is 10.0. The average Bonchev–Trinajstić information content (AvgIpc) is 2.66. The van der Waals surface area contributed by atoms with Gasteiger partial charge < -0.3 is 20.3 Å². The number of hydrogen-bond donors (Lipinski definition) is 2. The second-order valence-electron chi connectivity index (χ2n) is 7.90. The molecule has 2 N–H and O–H groups in total. The molecule has 4 atom stereocenters. The molecule has 1 amide bonds. The summed E-state index contributed by atoms with van der Waals surface area (Å²) in [6.07, 6.45) is 3.72. The van der Waals surface area contributed by atoms with Gasteiger partial charge in [0.05, 0.1) is 19.3 Å². The molecule has 144 valence electrons. The summed E-state index contributed by atoms with van der Waals surface area (Å²) < 4.78 is 5.39. The van der Waals surface area contributed by atoms with Crippen molar-refractivity contribution in [3.63, 3.8) is 0 Å². The van der Waals surface area contributed by atoms with Crippen LogP contribution in [0, 0.1) is 11.8 Å². The standard InChI is InChI=1S/C21H33N3O2/c1-15-5-4-6-20(16(15)2)22-17(3)21(25)23-18-7-9-19(10-8-18)24-11-13-26-14-12-24/h7-10,15-17,20,22H,4-6,11-14H2,1-3H3,(H,23,25)/t15-,16+,17-,20+/m0/s1. The second kappa shape index (κ2) is 8.87. The Labute approximate surface area is 157 Å².